The first kappa shape index (κ1) is 26.4. The third kappa shape index (κ3) is 5.72. The molecule has 0 bridgehead atoms. The van der Waals surface area contributed by atoms with Gasteiger partial charge in [-0.15, -0.1) is 0 Å². The first-order chi connectivity index (χ1) is 16.0. The van der Waals surface area contributed by atoms with Crippen LogP contribution in [0.25, 0.3) is 0 Å². The highest BCUT2D eigenvalue weighted by atomic mass is 35.5. The second kappa shape index (κ2) is 10.6. The summed E-state index contributed by atoms with van der Waals surface area (Å²) < 4.78 is 59.7. The highest BCUT2D eigenvalue weighted by Crippen LogP contribution is 2.32. The summed E-state index contributed by atoms with van der Waals surface area (Å²) in [4.78, 5) is 12.9. The van der Waals surface area contributed by atoms with E-state index in [-0.39, 0.29) is 39.6 Å². The van der Waals surface area contributed by atoms with Crippen LogP contribution in [-0.2, 0) is 24.8 Å². The van der Waals surface area contributed by atoms with E-state index < -0.39 is 26.0 Å². The predicted molar refractivity (Wildman–Crippen MR) is 130 cm³/mol. The maximum atomic E-state index is 13.2. The zero-order chi connectivity index (χ0) is 25.1. The number of amides is 1. The number of anilines is 1. The number of rotatable bonds is 8. The van der Waals surface area contributed by atoms with Crippen LogP contribution in [0.3, 0.4) is 0 Å². The number of ether oxygens (including phenoxy) is 1. The van der Waals surface area contributed by atoms with E-state index in [0.29, 0.717) is 30.7 Å². The van der Waals surface area contributed by atoms with Crippen molar-refractivity contribution in [2.75, 3.05) is 32.1 Å². The Morgan fingerprint density at radius 2 is 1.79 bits per heavy atom. The molecule has 0 spiro atoms. The van der Waals surface area contributed by atoms with Crippen molar-refractivity contribution in [1.82, 2.24) is 9.03 Å². The van der Waals surface area contributed by atoms with Crippen molar-refractivity contribution in [3.63, 3.8) is 0 Å². The number of aryl methyl sites for hydroxylation is 1. The molecular weight excluding hydrogens is 502 g/mol. The Morgan fingerprint density at radius 1 is 1.12 bits per heavy atom. The lowest BCUT2D eigenvalue weighted by molar-refractivity contribution is -0.120. The fourth-order valence-corrected chi connectivity index (χ4v) is 6.33. The van der Waals surface area contributed by atoms with Gasteiger partial charge >= 0.3 is 0 Å². The van der Waals surface area contributed by atoms with E-state index in [1.165, 1.54) is 35.6 Å². The van der Waals surface area contributed by atoms with Crippen molar-refractivity contribution in [3.05, 3.63) is 47.0 Å². The summed E-state index contributed by atoms with van der Waals surface area (Å²) in [6, 6.07) is 8.97. The van der Waals surface area contributed by atoms with Crippen molar-refractivity contribution in [1.29, 1.82) is 0 Å². The highest BCUT2D eigenvalue weighted by molar-refractivity contribution is 7.89. The van der Waals surface area contributed by atoms with Crippen LogP contribution in [0, 0.1) is 12.8 Å². The lowest BCUT2D eigenvalue weighted by atomic mass is 9.97. The molecule has 34 heavy (non-hydrogen) atoms. The van der Waals surface area contributed by atoms with Crippen LogP contribution in [0.4, 0.5) is 5.69 Å². The number of piperidine rings is 1. The normalized spacial score (nSPS) is 15.8. The molecule has 12 heteroatoms. The molecule has 9 nitrogen and oxygen atoms in total. The summed E-state index contributed by atoms with van der Waals surface area (Å²) >= 11 is 6.03. The molecule has 2 N–H and O–H groups in total. The summed E-state index contributed by atoms with van der Waals surface area (Å²) in [6.45, 7) is 4.15. The van der Waals surface area contributed by atoms with Gasteiger partial charge in [0.25, 0.3) is 0 Å². The molecule has 1 amide bonds. The van der Waals surface area contributed by atoms with Crippen molar-refractivity contribution in [2.24, 2.45) is 5.92 Å². The first-order valence-electron chi connectivity index (χ1n) is 10.8. The van der Waals surface area contributed by atoms with Gasteiger partial charge in [-0.2, -0.15) is 4.31 Å². The van der Waals surface area contributed by atoms with E-state index in [4.69, 9.17) is 16.3 Å². The van der Waals surface area contributed by atoms with Gasteiger partial charge in [0.1, 0.15) is 10.6 Å². The van der Waals surface area contributed by atoms with Gasteiger partial charge in [-0.3, -0.25) is 4.79 Å². The second-order valence-corrected chi connectivity index (χ2v) is 12.1. The van der Waals surface area contributed by atoms with Gasteiger partial charge in [0.2, 0.25) is 26.0 Å². The van der Waals surface area contributed by atoms with Crippen molar-refractivity contribution in [2.45, 2.75) is 36.5 Å². The zero-order valence-corrected chi connectivity index (χ0v) is 21.6. The number of hydrogen-bond donors (Lipinski definition) is 2. The number of nitrogens with zero attached hydrogens (tertiary/aromatic N) is 1. The standard InChI is InChI=1S/C22H28ClN3O6S2/c1-4-32-20-8-6-17(23)13-21(20)34(30,31)26-11-9-16(10-12-26)22(27)25-19-14-18(7-5-15(19)2)33(28,29)24-3/h5-8,13-14,16,24H,4,9-12H2,1-3H3,(H,25,27). The maximum Gasteiger partial charge on any atom is 0.246 e. The van der Waals surface area contributed by atoms with E-state index in [1.807, 2.05) is 0 Å². The Balaban J connectivity index is 1.72. The Kier molecular flexibility index (Phi) is 8.25. The second-order valence-electron chi connectivity index (χ2n) is 7.88. The van der Waals surface area contributed by atoms with Gasteiger partial charge in [0.15, 0.2) is 0 Å². The fraction of sp³-hybridized carbons (Fsp3) is 0.409. The van der Waals surface area contributed by atoms with Gasteiger partial charge in [-0.1, -0.05) is 17.7 Å². The van der Waals surface area contributed by atoms with Crippen molar-refractivity contribution < 1.29 is 26.4 Å². The third-order valence-electron chi connectivity index (χ3n) is 5.69. The first-order valence-corrected chi connectivity index (χ1v) is 14.1. The SMILES string of the molecule is CCOc1ccc(Cl)cc1S(=O)(=O)N1CCC(C(=O)Nc2cc(S(=O)(=O)NC)ccc2C)CC1. The summed E-state index contributed by atoms with van der Waals surface area (Å²) in [6.07, 6.45) is 0.645. The minimum absolute atomic E-state index is 0.00272. The number of carbonyl (C=O) groups excluding carboxylic acids is 1. The summed E-state index contributed by atoms with van der Waals surface area (Å²) in [5.74, 6) is -0.461. The van der Waals surface area contributed by atoms with Crippen LogP contribution in [-0.4, -0.2) is 53.8 Å². The molecule has 0 unspecified atom stereocenters. The number of sulfonamides is 2. The molecule has 0 aromatic heterocycles. The topological polar surface area (TPSA) is 122 Å². The summed E-state index contributed by atoms with van der Waals surface area (Å²) in [5, 5.41) is 3.08. The van der Waals surface area contributed by atoms with E-state index >= 15 is 0 Å². The molecule has 2 aromatic carbocycles. The van der Waals surface area contributed by atoms with Crippen LogP contribution < -0.4 is 14.8 Å². The smallest absolute Gasteiger partial charge is 0.246 e. The molecule has 0 saturated carbocycles. The molecule has 1 aliphatic rings. The Bertz CT molecular complexity index is 1270. The highest BCUT2D eigenvalue weighted by Gasteiger charge is 2.34. The molecule has 1 fully saturated rings. The Hall–Kier alpha value is -2.18. The summed E-state index contributed by atoms with van der Waals surface area (Å²) in [7, 11) is -6.20. The van der Waals surface area contributed by atoms with Crippen LogP contribution in [0.1, 0.15) is 25.3 Å². The molecule has 1 heterocycles. The van der Waals surface area contributed by atoms with E-state index in [9.17, 15) is 21.6 Å². The lowest BCUT2D eigenvalue weighted by Crippen LogP contribution is -2.41. The number of benzene rings is 2. The molecule has 2 aromatic rings. The quantitative estimate of drug-likeness (QED) is 0.542. The van der Waals surface area contributed by atoms with E-state index in [0.717, 1.165) is 0 Å². The largest absolute Gasteiger partial charge is 0.492 e. The van der Waals surface area contributed by atoms with Crippen molar-refractivity contribution >= 4 is 43.2 Å². The van der Waals surface area contributed by atoms with Crippen molar-refractivity contribution in [3.8, 4) is 5.75 Å². The fourth-order valence-electron chi connectivity index (χ4n) is 3.71. The Labute approximate surface area is 205 Å². The lowest BCUT2D eigenvalue weighted by Gasteiger charge is -2.31. The number of nitrogens with one attached hydrogen (secondary N) is 2. The molecule has 1 aliphatic heterocycles. The molecule has 0 aliphatic carbocycles. The molecular formula is C22H28ClN3O6S2. The zero-order valence-electron chi connectivity index (χ0n) is 19.2. The molecule has 0 radical (unpaired) electrons. The van der Waals surface area contributed by atoms with Gasteiger partial charge in [0, 0.05) is 29.7 Å². The number of carbonyl (C=O) groups is 1. The minimum atomic E-state index is -3.86. The van der Waals surface area contributed by atoms with Crippen LogP contribution in [0.5, 0.6) is 5.75 Å². The van der Waals surface area contributed by atoms with Gasteiger partial charge < -0.3 is 10.1 Å². The third-order valence-corrected chi connectivity index (χ3v) is 9.26. The van der Waals surface area contributed by atoms with Crippen LogP contribution >= 0.6 is 11.6 Å². The van der Waals surface area contributed by atoms with Gasteiger partial charge in [-0.25, -0.2) is 21.6 Å². The van der Waals surface area contributed by atoms with Gasteiger partial charge in [-0.05, 0) is 69.6 Å². The van der Waals surface area contributed by atoms with E-state index in [2.05, 4.69) is 10.0 Å². The monoisotopic (exact) mass is 529 g/mol. The molecule has 186 valence electrons. The summed E-state index contributed by atoms with van der Waals surface area (Å²) in [5.41, 5.74) is 1.12. The van der Waals surface area contributed by atoms with E-state index in [1.54, 1.807) is 26.0 Å². The van der Waals surface area contributed by atoms with Crippen LogP contribution in [0.15, 0.2) is 46.2 Å². The average Bonchev–Trinajstić information content (AvgIpc) is 2.81. The predicted octanol–water partition coefficient (Wildman–Crippen LogP) is 2.99. The molecule has 0 atom stereocenters. The average molecular weight is 530 g/mol. The number of halogens is 1. The number of hydrogen-bond acceptors (Lipinski definition) is 6. The maximum absolute atomic E-state index is 13.2. The molecule has 3 rings (SSSR count). The Morgan fingerprint density at radius 3 is 2.41 bits per heavy atom. The molecule has 1 saturated heterocycles. The van der Waals surface area contributed by atoms with Gasteiger partial charge in [0.05, 0.1) is 11.5 Å². The van der Waals surface area contributed by atoms with Crippen LogP contribution in [0.2, 0.25) is 5.02 Å². The minimum Gasteiger partial charge on any atom is -0.492 e.